The van der Waals surface area contributed by atoms with Gasteiger partial charge in [0.1, 0.15) is 0 Å². The first kappa shape index (κ1) is 16.5. The van der Waals surface area contributed by atoms with Gasteiger partial charge >= 0.3 is 18.1 Å². The standard InChI is InChI=1S/C13H11F3N2O3/c14-13(15,16)12(21)18-10(6-11(19)20)5-8-1-3-9(7-17)4-2-8/h1-4,10H,5-6H2,(H,18,21)(H,19,20)/t10-/m0/s1. The maximum atomic E-state index is 12.2. The fourth-order valence-corrected chi connectivity index (χ4v) is 1.65. The van der Waals surface area contributed by atoms with E-state index < -0.39 is 30.5 Å². The SMILES string of the molecule is N#Cc1ccc(C[C@@H](CC(=O)O)NC(=O)C(F)(F)F)cc1. The van der Waals surface area contributed by atoms with Crippen LogP contribution in [0.25, 0.3) is 0 Å². The smallest absolute Gasteiger partial charge is 0.471 e. The number of carbonyl (C=O) groups is 2. The van der Waals surface area contributed by atoms with Crippen molar-refractivity contribution in [2.45, 2.75) is 25.1 Å². The molecule has 0 aromatic heterocycles. The lowest BCUT2D eigenvalue weighted by Gasteiger charge is -2.18. The Morgan fingerprint density at radius 2 is 1.86 bits per heavy atom. The predicted molar refractivity (Wildman–Crippen MR) is 65.1 cm³/mol. The van der Waals surface area contributed by atoms with Gasteiger partial charge in [0.15, 0.2) is 0 Å². The summed E-state index contributed by atoms with van der Waals surface area (Å²) in [6.07, 6.45) is -5.79. The molecule has 1 aromatic rings. The number of nitrogens with one attached hydrogen (secondary N) is 1. The molecule has 8 heteroatoms. The Morgan fingerprint density at radius 1 is 1.29 bits per heavy atom. The van der Waals surface area contributed by atoms with Gasteiger partial charge in [0.05, 0.1) is 18.1 Å². The van der Waals surface area contributed by atoms with Gasteiger partial charge in [-0.3, -0.25) is 9.59 Å². The van der Waals surface area contributed by atoms with Crippen molar-refractivity contribution in [2.75, 3.05) is 0 Å². The molecule has 2 N–H and O–H groups in total. The lowest BCUT2D eigenvalue weighted by Crippen LogP contribution is -2.45. The number of nitrogens with zero attached hydrogens (tertiary/aromatic N) is 1. The van der Waals surface area contributed by atoms with Crippen molar-refractivity contribution in [2.24, 2.45) is 0 Å². The molecule has 0 unspecified atom stereocenters. The Hall–Kier alpha value is -2.56. The molecule has 0 aliphatic heterocycles. The largest absolute Gasteiger partial charge is 0.481 e. The van der Waals surface area contributed by atoms with E-state index >= 15 is 0 Å². The first-order valence-electron chi connectivity index (χ1n) is 5.81. The fraction of sp³-hybridized carbons (Fsp3) is 0.308. The summed E-state index contributed by atoms with van der Waals surface area (Å²) in [5.74, 6) is -3.50. The molecule has 0 saturated heterocycles. The van der Waals surface area contributed by atoms with E-state index in [9.17, 15) is 22.8 Å². The fourth-order valence-electron chi connectivity index (χ4n) is 1.65. The van der Waals surface area contributed by atoms with Crippen molar-refractivity contribution >= 4 is 11.9 Å². The molecule has 0 spiro atoms. The number of carboxylic acids is 1. The summed E-state index contributed by atoms with van der Waals surface area (Å²) in [5.41, 5.74) is 0.885. The number of nitriles is 1. The monoisotopic (exact) mass is 300 g/mol. The Morgan fingerprint density at radius 3 is 2.29 bits per heavy atom. The van der Waals surface area contributed by atoms with Crippen LogP contribution in [0.2, 0.25) is 0 Å². The van der Waals surface area contributed by atoms with Crippen LogP contribution >= 0.6 is 0 Å². The van der Waals surface area contributed by atoms with E-state index in [-0.39, 0.29) is 6.42 Å². The zero-order valence-electron chi connectivity index (χ0n) is 10.6. The third kappa shape index (κ3) is 5.52. The molecule has 0 bridgehead atoms. The van der Waals surface area contributed by atoms with Gasteiger partial charge in [-0.25, -0.2) is 0 Å². The van der Waals surface area contributed by atoms with Gasteiger partial charge < -0.3 is 10.4 Å². The Bertz CT molecular complexity index is 562. The number of carbonyl (C=O) groups excluding carboxylic acids is 1. The van der Waals surface area contributed by atoms with Crippen LogP contribution in [0, 0.1) is 11.3 Å². The Balaban J connectivity index is 2.80. The van der Waals surface area contributed by atoms with E-state index in [2.05, 4.69) is 0 Å². The summed E-state index contributed by atoms with van der Waals surface area (Å²) in [4.78, 5) is 21.5. The van der Waals surface area contributed by atoms with E-state index in [4.69, 9.17) is 10.4 Å². The summed E-state index contributed by atoms with van der Waals surface area (Å²) < 4.78 is 36.6. The number of alkyl halides is 3. The third-order valence-electron chi connectivity index (χ3n) is 2.58. The second-order valence-electron chi connectivity index (χ2n) is 4.28. The van der Waals surface area contributed by atoms with Crippen molar-refractivity contribution in [3.05, 3.63) is 35.4 Å². The second kappa shape index (κ2) is 6.74. The molecule has 21 heavy (non-hydrogen) atoms. The van der Waals surface area contributed by atoms with Crippen LogP contribution in [0.1, 0.15) is 17.5 Å². The van der Waals surface area contributed by atoms with Gasteiger partial charge in [-0.2, -0.15) is 18.4 Å². The summed E-state index contributed by atoms with van der Waals surface area (Å²) >= 11 is 0. The third-order valence-corrected chi connectivity index (χ3v) is 2.58. The van der Waals surface area contributed by atoms with Gasteiger partial charge in [-0.15, -0.1) is 0 Å². The minimum atomic E-state index is -5.07. The number of amides is 1. The zero-order chi connectivity index (χ0) is 16.0. The van der Waals surface area contributed by atoms with Gasteiger partial charge in [0, 0.05) is 6.04 Å². The summed E-state index contributed by atoms with van der Waals surface area (Å²) in [5, 5.41) is 19.0. The molecule has 0 radical (unpaired) electrons. The molecule has 0 saturated carbocycles. The number of hydrogen-bond acceptors (Lipinski definition) is 3. The molecular formula is C13H11F3N2O3. The van der Waals surface area contributed by atoms with Gasteiger partial charge in [-0.05, 0) is 24.1 Å². The first-order chi connectivity index (χ1) is 9.72. The molecule has 5 nitrogen and oxygen atoms in total. The molecule has 1 atom stereocenters. The van der Waals surface area contributed by atoms with E-state index in [1.807, 2.05) is 6.07 Å². The van der Waals surface area contributed by atoms with Crippen LogP contribution < -0.4 is 5.32 Å². The average Bonchev–Trinajstić information content (AvgIpc) is 2.37. The van der Waals surface area contributed by atoms with E-state index in [1.165, 1.54) is 24.3 Å². The normalized spacial score (nSPS) is 12.3. The van der Waals surface area contributed by atoms with E-state index in [0.29, 0.717) is 11.1 Å². The van der Waals surface area contributed by atoms with Gasteiger partial charge in [0.2, 0.25) is 0 Å². The number of aliphatic carboxylic acids is 1. The molecule has 0 heterocycles. The van der Waals surface area contributed by atoms with Crippen LogP contribution in [0.15, 0.2) is 24.3 Å². The predicted octanol–water partition coefficient (Wildman–Crippen LogP) is 1.62. The van der Waals surface area contributed by atoms with Crippen molar-refractivity contribution in [1.29, 1.82) is 5.26 Å². The highest BCUT2D eigenvalue weighted by Crippen LogP contribution is 2.16. The second-order valence-corrected chi connectivity index (χ2v) is 4.28. The number of rotatable bonds is 5. The molecule has 0 aliphatic carbocycles. The van der Waals surface area contributed by atoms with Crippen LogP contribution in [0.5, 0.6) is 0 Å². The number of hydrogen-bond donors (Lipinski definition) is 2. The molecule has 1 amide bonds. The Labute approximate surface area is 118 Å². The number of benzene rings is 1. The molecule has 112 valence electrons. The summed E-state index contributed by atoms with van der Waals surface area (Å²) in [6.45, 7) is 0. The molecule has 0 aliphatic rings. The highest BCUT2D eigenvalue weighted by atomic mass is 19.4. The zero-order valence-corrected chi connectivity index (χ0v) is 10.6. The summed E-state index contributed by atoms with van der Waals surface area (Å²) in [6, 6.07) is 6.59. The Kier molecular flexibility index (Phi) is 5.30. The van der Waals surface area contributed by atoms with E-state index in [1.54, 1.807) is 5.32 Å². The van der Waals surface area contributed by atoms with Crippen molar-refractivity contribution in [3.8, 4) is 6.07 Å². The number of halogens is 3. The minimum Gasteiger partial charge on any atom is -0.481 e. The maximum Gasteiger partial charge on any atom is 0.471 e. The van der Waals surface area contributed by atoms with Crippen LogP contribution in [0.3, 0.4) is 0 Å². The van der Waals surface area contributed by atoms with Crippen LogP contribution in [0.4, 0.5) is 13.2 Å². The topological polar surface area (TPSA) is 90.2 Å². The first-order valence-corrected chi connectivity index (χ1v) is 5.81. The molecule has 1 aromatic carbocycles. The molecule has 1 rings (SSSR count). The van der Waals surface area contributed by atoms with Gasteiger partial charge in [-0.1, -0.05) is 12.1 Å². The minimum absolute atomic E-state index is 0.0835. The van der Waals surface area contributed by atoms with Crippen LogP contribution in [-0.2, 0) is 16.0 Å². The molecule has 0 fully saturated rings. The number of carboxylic acid groups (broad SMARTS) is 1. The van der Waals surface area contributed by atoms with Gasteiger partial charge in [0.25, 0.3) is 0 Å². The lowest BCUT2D eigenvalue weighted by atomic mass is 10.0. The average molecular weight is 300 g/mol. The highest BCUT2D eigenvalue weighted by Gasteiger charge is 2.39. The van der Waals surface area contributed by atoms with Crippen molar-refractivity contribution in [3.63, 3.8) is 0 Å². The van der Waals surface area contributed by atoms with Crippen molar-refractivity contribution < 1.29 is 27.9 Å². The summed E-state index contributed by atoms with van der Waals surface area (Å²) in [7, 11) is 0. The quantitative estimate of drug-likeness (QED) is 0.864. The highest BCUT2D eigenvalue weighted by molar-refractivity contribution is 5.82. The molecular weight excluding hydrogens is 289 g/mol. The van der Waals surface area contributed by atoms with Crippen molar-refractivity contribution in [1.82, 2.24) is 5.32 Å². The lowest BCUT2D eigenvalue weighted by molar-refractivity contribution is -0.174. The van der Waals surface area contributed by atoms with E-state index in [0.717, 1.165) is 0 Å². The van der Waals surface area contributed by atoms with Crippen LogP contribution in [-0.4, -0.2) is 29.2 Å². The maximum absolute atomic E-state index is 12.2.